The van der Waals surface area contributed by atoms with E-state index in [1.54, 1.807) is 4.90 Å². The van der Waals surface area contributed by atoms with Crippen LogP contribution in [-0.2, 0) is 25.7 Å². The monoisotopic (exact) mass is 336 g/mol. The van der Waals surface area contributed by atoms with E-state index in [2.05, 4.69) is 0 Å². The van der Waals surface area contributed by atoms with Gasteiger partial charge in [-0.25, -0.2) is 9.59 Å². The predicted octanol–water partition coefficient (Wildman–Crippen LogP) is 0.567. The molecule has 1 fully saturated rings. The first kappa shape index (κ1) is 17.7. The zero-order chi connectivity index (χ0) is 17.5. The topological polar surface area (TPSA) is 96.4 Å². The van der Waals surface area contributed by atoms with Crippen molar-refractivity contribution in [2.45, 2.75) is 12.6 Å². The summed E-state index contributed by atoms with van der Waals surface area (Å²) in [5.74, 6) is -1.58. The number of amides is 1. The summed E-state index contributed by atoms with van der Waals surface area (Å²) in [5.41, 5.74) is 0.838. The van der Waals surface area contributed by atoms with Crippen molar-refractivity contribution in [2.24, 2.45) is 0 Å². The molecule has 2 rings (SSSR count). The third-order valence-electron chi connectivity index (χ3n) is 3.74. The maximum absolute atomic E-state index is 12.3. The minimum absolute atomic E-state index is 0.0966. The van der Waals surface area contributed by atoms with Crippen LogP contribution < -0.4 is 0 Å². The van der Waals surface area contributed by atoms with Crippen molar-refractivity contribution in [3.63, 3.8) is 0 Å². The average molecular weight is 336 g/mol. The fraction of sp³-hybridized carbons (Fsp3) is 0.438. The predicted molar refractivity (Wildman–Crippen MR) is 83.2 cm³/mol. The van der Waals surface area contributed by atoms with E-state index in [0.29, 0.717) is 6.54 Å². The van der Waals surface area contributed by atoms with Gasteiger partial charge in [0, 0.05) is 19.6 Å². The van der Waals surface area contributed by atoms with Gasteiger partial charge in [-0.1, -0.05) is 30.3 Å². The summed E-state index contributed by atoms with van der Waals surface area (Å²) < 4.78 is 9.98. The Balaban J connectivity index is 1.99. The lowest BCUT2D eigenvalue weighted by molar-refractivity contribution is -0.150. The van der Waals surface area contributed by atoms with Gasteiger partial charge in [0.1, 0.15) is 12.6 Å². The minimum Gasteiger partial charge on any atom is -0.480 e. The Labute approximate surface area is 139 Å². The van der Waals surface area contributed by atoms with Crippen LogP contribution in [0.2, 0.25) is 0 Å². The van der Waals surface area contributed by atoms with Crippen LogP contribution in [0.1, 0.15) is 5.56 Å². The number of rotatable bonds is 5. The molecule has 0 saturated carbocycles. The zero-order valence-corrected chi connectivity index (χ0v) is 13.4. The summed E-state index contributed by atoms with van der Waals surface area (Å²) in [6.45, 7) is 0.545. The molecule has 0 radical (unpaired) electrons. The summed E-state index contributed by atoms with van der Waals surface area (Å²) in [5, 5.41) is 8.87. The van der Waals surface area contributed by atoms with E-state index in [4.69, 9.17) is 14.6 Å². The molecule has 0 unspecified atom stereocenters. The molecule has 8 nitrogen and oxygen atoms in total. The fourth-order valence-electron chi connectivity index (χ4n) is 2.53. The maximum Gasteiger partial charge on any atom is 0.410 e. The summed E-state index contributed by atoms with van der Waals surface area (Å²) in [4.78, 5) is 37.9. The van der Waals surface area contributed by atoms with E-state index in [1.807, 2.05) is 30.3 Å². The van der Waals surface area contributed by atoms with E-state index in [0.717, 1.165) is 5.56 Å². The molecule has 1 N–H and O–H groups in total. The Bertz CT molecular complexity index is 591. The molecule has 1 aromatic rings. The van der Waals surface area contributed by atoms with E-state index < -0.39 is 24.1 Å². The van der Waals surface area contributed by atoms with Gasteiger partial charge < -0.3 is 14.6 Å². The van der Waals surface area contributed by atoms with Crippen LogP contribution in [0.3, 0.4) is 0 Å². The number of ether oxygens (including phenoxy) is 2. The first-order chi connectivity index (χ1) is 11.5. The van der Waals surface area contributed by atoms with E-state index in [1.165, 1.54) is 12.0 Å². The van der Waals surface area contributed by atoms with E-state index >= 15 is 0 Å². The summed E-state index contributed by atoms with van der Waals surface area (Å²) in [6, 6.07) is 8.31. The Kier molecular flexibility index (Phi) is 6.14. The normalized spacial score (nSPS) is 18.0. The number of methoxy groups -OCH3 is 1. The summed E-state index contributed by atoms with van der Waals surface area (Å²) in [7, 11) is 1.23. The molecular weight excluding hydrogens is 316 g/mol. The second-order valence-electron chi connectivity index (χ2n) is 5.40. The number of aliphatic carboxylic acids is 1. The fourth-order valence-corrected chi connectivity index (χ4v) is 2.53. The van der Waals surface area contributed by atoms with Gasteiger partial charge in [-0.2, -0.15) is 0 Å². The Morgan fingerprint density at radius 2 is 1.92 bits per heavy atom. The van der Waals surface area contributed by atoms with Crippen LogP contribution in [-0.4, -0.2) is 72.3 Å². The molecular formula is C16H20N2O6. The van der Waals surface area contributed by atoms with Gasteiger partial charge in [0.25, 0.3) is 0 Å². The molecule has 1 aliphatic heterocycles. The molecule has 0 spiro atoms. The van der Waals surface area contributed by atoms with Crippen molar-refractivity contribution in [2.75, 3.05) is 33.3 Å². The third kappa shape index (κ3) is 4.69. The minimum atomic E-state index is -0.987. The van der Waals surface area contributed by atoms with Crippen molar-refractivity contribution in [3.05, 3.63) is 35.9 Å². The van der Waals surface area contributed by atoms with Gasteiger partial charge in [-0.3, -0.25) is 14.6 Å². The Morgan fingerprint density at radius 3 is 2.54 bits per heavy atom. The van der Waals surface area contributed by atoms with Gasteiger partial charge in [-0.15, -0.1) is 0 Å². The van der Waals surface area contributed by atoms with E-state index in [-0.39, 0.29) is 26.2 Å². The highest BCUT2D eigenvalue weighted by Crippen LogP contribution is 2.14. The highest BCUT2D eigenvalue weighted by Gasteiger charge is 2.37. The van der Waals surface area contributed by atoms with Crippen LogP contribution in [0.4, 0.5) is 4.79 Å². The number of hydrogen-bond acceptors (Lipinski definition) is 6. The van der Waals surface area contributed by atoms with Gasteiger partial charge in [0.05, 0.1) is 13.7 Å². The Hall–Kier alpha value is -2.61. The standard InChI is InChI=1S/C16H20N2O6/c1-23-15(21)13-9-17(10-14(19)20)7-8-18(13)16(22)24-11-12-5-3-2-4-6-12/h2-6,13H,7-11H2,1H3,(H,19,20)/t13-/m0/s1. The molecule has 0 bridgehead atoms. The molecule has 1 aromatic carbocycles. The van der Waals surface area contributed by atoms with Crippen molar-refractivity contribution >= 4 is 18.0 Å². The van der Waals surface area contributed by atoms with Crippen LogP contribution >= 0.6 is 0 Å². The first-order valence-electron chi connectivity index (χ1n) is 7.50. The maximum atomic E-state index is 12.3. The van der Waals surface area contributed by atoms with Crippen LogP contribution in [0.15, 0.2) is 30.3 Å². The van der Waals surface area contributed by atoms with Crippen molar-refractivity contribution in [1.82, 2.24) is 9.80 Å². The van der Waals surface area contributed by atoms with Crippen LogP contribution in [0, 0.1) is 0 Å². The quantitative estimate of drug-likeness (QED) is 0.785. The number of carbonyl (C=O) groups excluding carboxylic acids is 2. The lowest BCUT2D eigenvalue weighted by Crippen LogP contribution is -2.59. The van der Waals surface area contributed by atoms with Crippen molar-refractivity contribution in [1.29, 1.82) is 0 Å². The summed E-state index contributed by atoms with van der Waals surface area (Å²) >= 11 is 0. The summed E-state index contributed by atoms with van der Waals surface area (Å²) in [6.07, 6.45) is -0.621. The zero-order valence-electron chi connectivity index (χ0n) is 13.4. The van der Waals surface area contributed by atoms with Gasteiger partial charge in [0.2, 0.25) is 0 Å². The second-order valence-corrected chi connectivity index (χ2v) is 5.40. The number of esters is 1. The molecule has 1 saturated heterocycles. The molecule has 1 amide bonds. The molecule has 0 aliphatic carbocycles. The van der Waals surface area contributed by atoms with Crippen molar-refractivity contribution < 1.29 is 29.0 Å². The lowest BCUT2D eigenvalue weighted by atomic mass is 10.1. The van der Waals surface area contributed by atoms with Gasteiger partial charge >= 0.3 is 18.0 Å². The number of carboxylic acid groups (broad SMARTS) is 1. The third-order valence-corrected chi connectivity index (χ3v) is 3.74. The second kappa shape index (κ2) is 8.30. The largest absolute Gasteiger partial charge is 0.480 e. The van der Waals surface area contributed by atoms with Crippen LogP contribution in [0.25, 0.3) is 0 Å². The molecule has 1 aliphatic rings. The lowest BCUT2D eigenvalue weighted by Gasteiger charge is -2.38. The highest BCUT2D eigenvalue weighted by molar-refractivity contribution is 5.82. The Morgan fingerprint density at radius 1 is 1.21 bits per heavy atom. The molecule has 0 aromatic heterocycles. The van der Waals surface area contributed by atoms with Gasteiger partial charge in [-0.05, 0) is 5.56 Å². The van der Waals surface area contributed by atoms with Gasteiger partial charge in [0.15, 0.2) is 0 Å². The molecule has 1 heterocycles. The number of piperazine rings is 1. The number of hydrogen-bond donors (Lipinski definition) is 1. The number of benzene rings is 1. The molecule has 8 heteroatoms. The van der Waals surface area contributed by atoms with Crippen molar-refractivity contribution in [3.8, 4) is 0 Å². The molecule has 24 heavy (non-hydrogen) atoms. The number of nitrogens with zero attached hydrogens (tertiary/aromatic N) is 2. The van der Waals surface area contributed by atoms with E-state index in [9.17, 15) is 14.4 Å². The number of carbonyl (C=O) groups is 3. The molecule has 130 valence electrons. The SMILES string of the molecule is COC(=O)[C@@H]1CN(CC(=O)O)CCN1C(=O)OCc1ccccc1. The smallest absolute Gasteiger partial charge is 0.410 e. The van der Waals surface area contributed by atoms with Crippen LogP contribution in [0.5, 0.6) is 0 Å². The highest BCUT2D eigenvalue weighted by atomic mass is 16.6. The molecule has 1 atom stereocenters. The first-order valence-corrected chi connectivity index (χ1v) is 7.50. The average Bonchev–Trinajstić information content (AvgIpc) is 2.59. The number of carboxylic acids is 1.